The van der Waals surface area contributed by atoms with Gasteiger partial charge < -0.3 is 5.32 Å². The molecular weight excluding hydrogens is 394 g/mol. The van der Waals surface area contributed by atoms with Crippen LogP contribution in [0.1, 0.15) is 35.0 Å². The van der Waals surface area contributed by atoms with Crippen LogP contribution in [-0.4, -0.2) is 51.4 Å². The lowest BCUT2D eigenvalue weighted by atomic mass is 10.2. The Morgan fingerprint density at radius 2 is 1.96 bits per heavy atom. The number of hydrogen-bond acceptors (Lipinski definition) is 5. The fraction of sp³-hybridized carbons (Fsp3) is 0.450. The van der Waals surface area contributed by atoms with Crippen molar-refractivity contribution < 1.29 is 13.2 Å². The van der Waals surface area contributed by atoms with E-state index in [1.54, 1.807) is 23.5 Å². The summed E-state index contributed by atoms with van der Waals surface area (Å²) in [7, 11) is -1.50. The number of nitrogens with one attached hydrogen (secondary N) is 2. The number of likely N-dealkylation sites (N-methyl/N-ethyl adjacent to an activating group) is 1. The van der Waals surface area contributed by atoms with Crippen LogP contribution in [0.2, 0.25) is 0 Å². The lowest BCUT2D eigenvalue weighted by Gasteiger charge is -2.24. The van der Waals surface area contributed by atoms with Crippen LogP contribution >= 0.6 is 11.3 Å². The number of thiophene rings is 1. The van der Waals surface area contributed by atoms with Gasteiger partial charge in [0.2, 0.25) is 10.0 Å². The topological polar surface area (TPSA) is 78.5 Å². The van der Waals surface area contributed by atoms with Gasteiger partial charge in [0, 0.05) is 35.6 Å². The van der Waals surface area contributed by atoms with Crippen molar-refractivity contribution in [2.45, 2.75) is 43.2 Å². The smallest absolute Gasteiger partial charge is 0.251 e. The van der Waals surface area contributed by atoms with Crippen LogP contribution in [0.5, 0.6) is 0 Å². The van der Waals surface area contributed by atoms with Crippen LogP contribution < -0.4 is 10.0 Å². The van der Waals surface area contributed by atoms with Crippen molar-refractivity contribution in [1.29, 1.82) is 0 Å². The number of amides is 1. The van der Waals surface area contributed by atoms with E-state index in [0.717, 1.165) is 4.88 Å². The molecular formula is C20H27N3O3S2. The number of sulfonamides is 1. The van der Waals surface area contributed by atoms with Gasteiger partial charge in [0.1, 0.15) is 0 Å². The van der Waals surface area contributed by atoms with E-state index in [1.165, 1.54) is 25.0 Å². The molecule has 1 aliphatic carbocycles. The summed E-state index contributed by atoms with van der Waals surface area (Å²) >= 11 is 1.61. The zero-order valence-corrected chi connectivity index (χ0v) is 17.9. The Morgan fingerprint density at radius 3 is 2.57 bits per heavy atom. The predicted octanol–water partition coefficient (Wildman–Crippen LogP) is 2.48. The van der Waals surface area contributed by atoms with Gasteiger partial charge in [-0.15, -0.1) is 11.3 Å². The molecule has 1 fully saturated rings. The summed E-state index contributed by atoms with van der Waals surface area (Å²) in [5.41, 5.74) is 0.457. The summed E-state index contributed by atoms with van der Waals surface area (Å²) < 4.78 is 27.4. The summed E-state index contributed by atoms with van der Waals surface area (Å²) in [4.78, 5) is 15.9. The Kier molecular flexibility index (Phi) is 6.87. The Labute approximate surface area is 171 Å². The van der Waals surface area contributed by atoms with Crippen LogP contribution in [0.4, 0.5) is 0 Å². The van der Waals surface area contributed by atoms with Crippen molar-refractivity contribution in [2.24, 2.45) is 0 Å². The van der Waals surface area contributed by atoms with Crippen LogP contribution in [0.15, 0.2) is 46.7 Å². The first-order valence-corrected chi connectivity index (χ1v) is 11.9. The first-order valence-electron chi connectivity index (χ1n) is 9.49. The molecule has 2 aromatic rings. The molecule has 0 saturated heterocycles. The van der Waals surface area contributed by atoms with Gasteiger partial charge in [-0.25, -0.2) is 13.1 Å². The van der Waals surface area contributed by atoms with Crippen molar-refractivity contribution in [2.75, 3.05) is 20.1 Å². The quantitative estimate of drug-likeness (QED) is 0.618. The highest BCUT2D eigenvalue weighted by Crippen LogP contribution is 2.26. The van der Waals surface area contributed by atoms with Crippen molar-refractivity contribution in [3.8, 4) is 0 Å². The minimum atomic E-state index is -3.58. The van der Waals surface area contributed by atoms with Crippen LogP contribution in [0.25, 0.3) is 0 Å². The number of carbonyl (C=O) groups is 1. The molecule has 0 bridgehead atoms. The number of hydrogen-bond donors (Lipinski definition) is 2. The SMILES string of the molecule is CC(CNC(=O)c1ccc(S(=O)(=O)NCCc2cccs2)cc1)N(C)C1CC1. The van der Waals surface area contributed by atoms with E-state index in [1.807, 2.05) is 17.5 Å². The summed E-state index contributed by atoms with van der Waals surface area (Å²) in [5, 5.41) is 4.90. The molecule has 1 saturated carbocycles. The lowest BCUT2D eigenvalue weighted by Crippen LogP contribution is -2.41. The zero-order chi connectivity index (χ0) is 20.1. The average molecular weight is 422 g/mol. The Balaban J connectivity index is 1.50. The third kappa shape index (κ3) is 5.64. The highest BCUT2D eigenvalue weighted by Gasteiger charge is 2.29. The van der Waals surface area contributed by atoms with Crippen molar-refractivity contribution >= 4 is 27.3 Å². The summed E-state index contributed by atoms with van der Waals surface area (Å²) in [6.07, 6.45) is 3.11. The largest absolute Gasteiger partial charge is 0.350 e. The molecule has 28 heavy (non-hydrogen) atoms. The standard InChI is InChI=1S/C20H27N3O3S2/c1-15(23(2)17-7-8-17)14-21-20(24)16-5-9-19(10-6-16)28(25,26)22-12-11-18-4-3-13-27-18/h3-6,9-10,13,15,17,22H,7-8,11-12,14H2,1-2H3,(H,21,24). The van der Waals surface area contributed by atoms with Crippen molar-refractivity contribution in [3.05, 3.63) is 52.2 Å². The molecule has 3 rings (SSSR count). The Bertz CT molecular complexity index is 876. The van der Waals surface area contributed by atoms with Crippen LogP contribution in [0.3, 0.4) is 0 Å². The van der Waals surface area contributed by atoms with Gasteiger partial charge in [-0.2, -0.15) is 0 Å². The second-order valence-corrected chi connectivity index (χ2v) is 10.0. The minimum absolute atomic E-state index is 0.164. The number of rotatable bonds is 10. The summed E-state index contributed by atoms with van der Waals surface area (Å²) in [5.74, 6) is -0.189. The van der Waals surface area contributed by atoms with E-state index in [0.29, 0.717) is 31.1 Å². The van der Waals surface area contributed by atoms with Gasteiger partial charge in [-0.3, -0.25) is 9.69 Å². The molecule has 6 nitrogen and oxygen atoms in total. The van der Waals surface area contributed by atoms with Crippen LogP contribution in [-0.2, 0) is 16.4 Å². The van der Waals surface area contributed by atoms with E-state index in [2.05, 4.69) is 28.9 Å². The van der Waals surface area contributed by atoms with Gasteiger partial charge in [-0.05, 0) is 68.9 Å². The van der Waals surface area contributed by atoms with Crippen LogP contribution in [0, 0.1) is 0 Å². The molecule has 1 heterocycles. The van der Waals surface area contributed by atoms with E-state index >= 15 is 0 Å². The van der Waals surface area contributed by atoms with Gasteiger partial charge in [0.05, 0.1) is 4.90 Å². The highest BCUT2D eigenvalue weighted by molar-refractivity contribution is 7.89. The number of carbonyl (C=O) groups excluding carboxylic acids is 1. The second-order valence-electron chi connectivity index (χ2n) is 7.21. The molecule has 0 radical (unpaired) electrons. The Morgan fingerprint density at radius 1 is 1.25 bits per heavy atom. The maximum atomic E-state index is 12.4. The van der Waals surface area contributed by atoms with Gasteiger partial charge in [0.25, 0.3) is 5.91 Å². The van der Waals surface area contributed by atoms with E-state index < -0.39 is 10.0 Å². The highest BCUT2D eigenvalue weighted by atomic mass is 32.2. The predicted molar refractivity (Wildman–Crippen MR) is 112 cm³/mol. The van der Waals surface area contributed by atoms with E-state index in [-0.39, 0.29) is 16.8 Å². The molecule has 1 aliphatic rings. The number of benzene rings is 1. The molecule has 0 aliphatic heterocycles. The maximum Gasteiger partial charge on any atom is 0.251 e. The molecule has 2 N–H and O–H groups in total. The lowest BCUT2D eigenvalue weighted by molar-refractivity contribution is 0.0939. The molecule has 1 amide bonds. The van der Waals surface area contributed by atoms with Gasteiger partial charge >= 0.3 is 0 Å². The number of nitrogens with zero attached hydrogens (tertiary/aromatic N) is 1. The third-order valence-electron chi connectivity index (χ3n) is 5.05. The average Bonchev–Trinajstić information content (AvgIpc) is 3.41. The normalized spacial score (nSPS) is 15.5. The monoisotopic (exact) mass is 421 g/mol. The Hall–Kier alpha value is -1.74. The minimum Gasteiger partial charge on any atom is -0.350 e. The molecule has 1 unspecified atom stereocenters. The van der Waals surface area contributed by atoms with Crippen molar-refractivity contribution in [3.63, 3.8) is 0 Å². The molecule has 8 heteroatoms. The maximum absolute atomic E-state index is 12.4. The molecule has 152 valence electrons. The summed E-state index contributed by atoms with van der Waals surface area (Å²) in [6.45, 7) is 3.00. The van der Waals surface area contributed by atoms with Crippen molar-refractivity contribution in [1.82, 2.24) is 14.9 Å². The van der Waals surface area contributed by atoms with E-state index in [9.17, 15) is 13.2 Å². The van der Waals surface area contributed by atoms with E-state index in [4.69, 9.17) is 0 Å². The second kappa shape index (κ2) is 9.17. The first kappa shape index (κ1) is 21.0. The molecule has 0 spiro atoms. The molecule has 1 aromatic carbocycles. The van der Waals surface area contributed by atoms with Gasteiger partial charge in [0.15, 0.2) is 0 Å². The molecule has 1 aromatic heterocycles. The third-order valence-corrected chi connectivity index (χ3v) is 7.46. The molecule has 1 atom stereocenters. The zero-order valence-electron chi connectivity index (χ0n) is 16.2. The van der Waals surface area contributed by atoms with Gasteiger partial charge in [-0.1, -0.05) is 6.07 Å². The first-order chi connectivity index (χ1) is 13.4. The fourth-order valence-corrected chi connectivity index (χ4v) is 4.70. The fourth-order valence-electron chi connectivity index (χ4n) is 2.96. The summed E-state index contributed by atoms with van der Waals surface area (Å²) in [6, 6.07) is 10.9.